The second kappa shape index (κ2) is 14.9. The van der Waals surface area contributed by atoms with Gasteiger partial charge in [0, 0.05) is 99.3 Å². The van der Waals surface area contributed by atoms with Gasteiger partial charge in [-0.3, -0.25) is 29.3 Å². The van der Waals surface area contributed by atoms with Crippen LogP contribution in [0, 0.1) is 17.6 Å². The van der Waals surface area contributed by atoms with Crippen LogP contribution in [0.3, 0.4) is 0 Å². The lowest BCUT2D eigenvalue weighted by atomic mass is 9.89. The number of piperazine rings is 1. The molecule has 4 aliphatic rings. The lowest BCUT2D eigenvalue weighted by molar-refractivity contribution is -0.134. The first-order valence-electron chi connectivity index (χ1n) is 19.4. The Labute approximate surface area is 321 Å². The van der Waals surface area contributed by atoms with Crippen molar-refractivity contribution in [3.05, 3.63) is 77.8 Å². The quantitative estimate of drug-likeness (QED) is 0.208. The van der Waals surface area contributed by atoms with Crippen LogP contribution in [0.4, 0.5) is 20.3 Å². The van der Waals surface area contributed by atoms with Gasteiger partial charge in [-0.05, 0) is 62.4 Å². The van der Waals surface area contributed by atoms with Crippen LogP contribution in [0.15, 0.2) is 55.0 Å². The number of carbonyl (C=O) groups excluding carboxylic acids is 3. The maximum absolute atomic E-state index is 15.1. The number of benzene rings is 2. The van der Waals surface area contributed by atoms with Crippen molar-refractivity contribution < 1.29 is 27.9 Å². The molecule has 6 heterocycles. The number of methoxy groups -OCH3 is 1. The maximum atomic E-state index is 15.1. The Morgan fingerprint density at radius 1 is 0.982 bits per heavy atom. The van der Waals surface area contributed by atoms with E-state index in [0.29, 0.717) is 40.4 Å². The van der Waals surface area contributed by atoms with Crippen LogP contribution in [0.2, 0.25) is 0 Å². The number of hydrogen-bond acceptors (Lipinski definition) is 10. The summed E-state index contributed by atoms with van der Waals surface area (Å²) >= 11 is 0. The lowest BCUT2D eigenvalue weighted by Gasteiger charge is -2.46. The van der Waals surface area contributed by atoms with Crippen LogP contribution in [0.1, 0.15) is 66.4 Å². The molecule has 5 aromatic rings. The van der Waals surface area contributed by atoms with Crippen molar-refractivity contribution >= 4 is 45.8 Å². The molecule has 3 aliphatic heterocycles. The minimum absolute atomic E-state index is 0.0678. The number of fused-ring (bicyclic) bond motifs is 2. The number of ether oxygens (including phenoxy) is 1. The van der Waals surface area contributed by atoms with Gasteiger partial charge in [0.15, 0.2) is 11.5 Å². The third-order valence-corrected chi connectivity index (χ3v) is 12.1. The molecule has 16 heteroatoms. The molecule has 9 rings (SSSR count). The van der Waals surface area contributed by atoms with E-state index in [4.69, 9.17) is 9.84 Å². The van der Waals surface area contributed by atoms with Crippen LogP contribution in [0.5, 0.6) is 5.75 Å². The number of hydrogen-bond donors (Lipinski definition) is 2. The average molecular weight is 767 g/mol. The van der Waals surface area contributed by atoms with E-state index in [-0.39, 0.29) is 30.4 Å². The zero-order valence-corrected chi connectivity index (χ0v) is 31.2. The van der Waals surface area contributed by atoms with E-state index in [1.807, 2.05) is 29.3 Å². The van der Waals surface area contributed by atoms with Crippen LogP contribution in [-0.4, -0.2) is 111 Å². The monoisotopic (exact) mass is 766 g/mol. The van der Waals surface area contributed by atoms with Gasteiger partial charge in [0.05, 0.1) is 36.3 Å². The van der Waals surface area contributed by atoms with Gasteiger partial charge >= 0.3 is 0 Å². The van der Waals surface area contributed by atoms with Gasteiger partial charge in [0.2, 0.25) is 11.8 Å². The first-order chi connectivity index (χ1) is 27.2. The van der Waals surface area contributed by atoms with Crippen LogP contribution in [-0.2, 0) is 9.59 Å². The van der Waals surface area contributed by atoms with E-state index in [2.05, 4.69) is 35.2 Å². The molecule has 2 N–H and O–H groups in total. The highest BCUT2D eigenvalue weighted by Gasteiger charge is 2.36. The minimum atomic E-state index is -0.993. The molecule has 56 heavy (non-hydrogen) atoms. The first-order valence-corrected chi connectivity index (χ1v) is 19.4. The summed E-state index contributed by atoms with van der Waals surface area (Å²) in [6.45, 7) is 6.44. The van der Waals surface area contributed by atoms with Crippen LogP contribution < -0.4 is 20.3 Å². The summed E-state index contributed by atoms with van der Waals surface area (Å²) in [5.41, 5.74) is 2.06. The van der Waals surface area contributed by atoms with Gasteiger partial charge in [-0.2, -0.15) is 14.7 Å². The van der Waals surface area contributed by atoms with Gasteiger partial charge in [-0.25, -0.2) is 13.8 Å². The second-order valence-corrected chi connectivity index (χ2v) is 15.5. The third kappa shape index (κ3) is 6.95. The predicted octanol–water partition coefficient (Wildman–Crippen LogP) is 4.38. The molecule has 0 spiro atoms. The number of aromatic nitrogens is 5. The molecule has 4 fully saturated rings. The SMILES string of the molecule is COc1cc2nn(C3CCC(N4CCN(CC5CN(c6cc(F)c([C@H]7CCC(=O)NC7=O)c(F)c6)C5)CC4)CC3)cc2cc1C(=O)Nc1cnc2cccnn12. The standard InChI is InChI=1S/C40H44F2N10O4/c1-56-34-18-33-25(15-30(34)40(55)45-36-19-43-35-3-2-10-44-52(35)36)23-51(47-33)27-6-4-26(5-7-27)49-13-11-48(12-14-49)20-24-21-50(22-24)28-16-31(41)38(32(42)17-28)29-8-9-37(53)46-39(29)54/h2-3,10,15-19,23-24,26-27,29H,4-9,11-14,20-22H2,1H3,(H,45,55)(H,46,53,54)/t26?,27?,29-/m1/s1. The van der Waals surface area contributed by atoms with Gasteiger partial charge in [-0.15, -0.1) is 0 Å². The fourth-order valence-electron chi connectivity index (χ4n) is 9.02. The third-order valence-electron chi connectivity index (χ3n) is 12.1. The zero-order valence-electron chi connectivity index (χ0n) is 31.2. The molecule has 0 radical (unpaired) electrons. The Hall–Kier alpha value is -5.48. The van der Waals surface area contributed by atoms with Crippen molar-refractivity contribution in [1.82, 2.24) is 39.5 Å². The largest absolute Gasteiger partial charge is 0.496 e. The molecule has 2 aromatic carbocycles. The summed E-state index contributed by atoms with van der Waals surface area (Å²) in [6.07, 6.45) is 9.67. The second-order valence-electron chi connectivity index (χ2n) is 15.5. The van der Waals surface area contributed by atoms with Crippen molar-refractivity contribution in [2.45, 2.75) is 56.5 Å². The van der Waals surface area contributed by atoms with E-state index in [0.717, 1.165) is 82.4 Å². The molecular weight excluding hydrogens is 723 g/mol. The molecule has 0 unspecified atom stereocenters. The Morgan fingerprint density at radius 3 is 2.46 bits per heavy atom. The van der Waals surface area contributed by atoms with E-state index in [1.54, 1.807) is 30.1 Å². The normalized spacial score (nSPS) is 22.7. The van der Waals surface area contributed by atoms with E-state index >= 15 is 8.78 Å². The van der Waals surface area contributed by atoms with Crippen LogP contribution in [0.25, 0.3) is 16.6 Å². The molecule has 0 bridgehead atoms. The van der Waals surface area contributed by atoms with Gasteiger partial charge in [-0.1, -0.05) is 0 Å². The Bertz CT molecular complexity index is 2280. The van der Waals surface area contributed by atoms with Crippen LogP contribution >= 0.6 is 0 Å². The zero-order chi connectivity index (χ0) is 38.5. The van der Waals surface area contributed by atoms with Crippen molar-refractivity contribution in [2.24, 2.45) is 5.92 Å². The lowest BCUT2D eigenvalue weighted by Crippen LogP contribution is -2.56. The fourth-order valence-corrected chi connectivity index (χ4v) is 9.02. The van der Waals surface area contributed by atoms with E-state index in [9.17, 15) is 14.4 Å². The molecular formula is C40H44F2N10O4. The Balaban J connectivity index is 0.746. The summed E-state index contributed by atoms with van der Waals surface area (Å²) in [5, 5.41) is 15.2. The van der Waals surface area contributed by atoms with Crippen molar-refractivity contribution in [3.8, 4) is 5.75 Å². The van der Waals surface area contributed by atoms with E-state index < -0.39 is 29.4 Å². The van der Waals surface area contributed by atoms with Crippen molar-refractivity contribution in [2.75, 3.05) is 63.1 Å². The number of anilines is 2. The smallest absolute Gasteiger partial charge is 0.260 e. The molecule has 1 atom stereocenters. The number of imidazole rings is 1. The summed E-state index contributed by atoms with van der Waals surface area (Å²) in [7, 11) is 1.55. The maximum Gasteiger partial charge on any atom is 0.260 e. The summed E-state index contributed by atoms with van der Waals surface area (Å²) < 4.78 is 39.4. The number of piperidine rings is 1. The van der Waals surface area contributed by atoms with Gasteiger partial charge in [0.1, 0.15) is 17.4 Å². The number of nitrogens with zero attached hydrogens (tertiary/aromatic N) is 8. The van der Waals surface area contributed by atoms with E-state index in [1.165, 1.54) is 12.1 Å². The molecule has 292 valence electrons. The first kappa shape index (κ1) is 36.2. The number of nitrogens with one attached hydrogen (secondary N) is 2. The molecule has 1 aliphatic carbocycles. The summed E-state index contributed by atoms with van der Waals surface area (Å²) in [6, 6.07) is 10.7. The molecule has 1 saturated carbocycles. The molecule has 3 saturated heterocycles. The molecule has 14 nitrogen and oxygen atoms in total. The minimum Gasteiger partial charge on any atom is -0.496 e. The molecule has 3 amide bonds. The highest BCUT2D eigenvalue weighted by atomic mass is 19.1. The summed E-state index contributed by atoms with van der Waals surface area (Å²) in [5.74, 6) is -2.51. The Morgan fingerprint density at radius 2 is 1.73 bits per heavy atom. The predicted molar refractivity (Wildman–Crippen MR) is 204 cm³/mol. The van der Waals surface area contributed by atoms with Gasteiger partial charge < -0.3 is 19.9 Å². The topological polar surface area (TPSA) is 142 Å². The highest BCUT2D eigenvalue weighted by molar-refractivity contribution is 6.08. The fraction of sp³-hybridized carbons (Fsp3) is 0.450. The molecule has 3 aromatic heterocycles. The number of rotatable bonds is 9. The average Bonchev–Trinajstić information content (AvgIpc) is 3.80. The number of amides is 3. The Kier molecular flexibility index (Phi) is 9.61. The van der Waals surface area contributed by atoms with Gasteiger partial charge in [0.25, 0.3) is 5.91 Å². The highest BCUT2D eigenvalue weighted by Crippen LogP contribution is 2.36. The number of imide groups is 1. The van der Waals surface area contributed by atoms with Crippen molar-refractivity contribution in [3.63, 3.8) is 0 Å². The van der Waals surface area contributed by atoms with Crippen molar-refractivity contribution in [1.29, 1.82) is 0 Å². The number of carbonyl (C=O) groups is 3. The number of halogens is 2. The summed E-state index contributed by atoms with van der Waals surface area (Å²) in [4.78, 5) is 48.5.